The third-order valence-electron chi connectivity index (χ3n) is 6.34. The number of carbonyl (C=O) groups excluding carboxylic acids is 1. The molecule has 0 saturated carbocycles. The number of nitrogens with one attached hydrogen (secondary N) is 1. The molecule has 164 valence electrons. The van der Waals surface area contributed by atoms with Crippen LogP contribution in [0.4, 0.5) is 11.6 Å². The summed E-state index contributed by atoms with van der Waals surface area (Å²) in [5.74, 6) is 2.90. The van der Waals surface area contributed by atoms with E-state index in [2.05, 4.69) is 40.8 Å². The SMILES string of the molecule is CCCc1cccnc1N(CC)C1CCN(c2cc3cc(OC)ccc3[nH]2)C(C=O)C1. The number of benzene rings is 1. The van der Waals surface area contributed by atoms with Gasteiger partial charge in [-0.15, -0.1) is 0 Å². The highest BCUT2D eigenvalue weighted by Crippen LogP contribution is 2.32. The molecule has 2 unspecified atom stereocenters. The number of pyridine rings is 1. The molecule has 2 aromatic heterocycles. The van der Waals surface area contributed by atoms with Crippen LogP contribution in [0.25, 0.3) is 10.9 Å². The number of piperidine rings is 1. The number of aromatic amines is 1. The number of methoxy groups -OCH3 is 1. The molecule has 4 rings (SSSR count). The molecule has 1 aliphatic heterocycles. The molecule has 0 radical (unpaired) electrons. The van der Waals surface area contributed by atoms with Crippen LogP contribution in [0.1, 0.15) is 38.7 Å². The number of ether oxygens (including phenoxy) is 1. The van der Waals surface area contributed by atoms with Gasteiger partial charge in [0.1, 0.15) is 23.7 Å². The minimum atomic E-state index is -0.166. The predicted octanol–water partition coefficient (Wildman–Crippen LogP) is 4.59. The van der Waals surface area contributed by atoms with Gasteiger partial charge >= 0.3 is 0 Å². The summed E-state index contributed by atoms with van der Waals surface area (Å²) in [6.45, 7) is 6.09. The van der Waals surface area contributed by atoms with Crippen LogP contribution in [0, 0.1) is 0 Å². The minimum Gasteiger partial charge on any atom is -0.497 e. The van der Waals surface area contributed by atoms with Gasteiger partial charge in [-0.1, -0.05) is 19.4 Å². The molecule has 0 bridgehead atoms. The third-order valence-corrected chi connectivity index (χ3v) is 6.34. The molecule has 2 atom stereocenters. The van der Waals surface area contributed by atoms with Gasteiger partial charge in [0.15, 0.2) is 0 Å². The molecule has 0 amide bonds. The summed E-state index contributed by atoms with van der Waals surface area (Å²) in [6, 6.07) is 12.4. The molecular formula is C25H32N4O2. The standard InChI is InChI=1S/C25H32N4O2/c1-4-7-18-8-6-12-26-25(18)28(5-2)20-11-13-29(21(16-20)17-30)24-15-19-14-22(31-3)9-10-23(19)27-24/h6,8-10,12,14-15,17,20-21,27H,4-5,7,11,13,16H2,1-3H3. The molecule has 1 aliphatic rings. The van der Waals surface area contributed by atoms with Crippen molar-refractivity contribution in [1.82, 2.24) is 9.97 Å². The molecule has 1 saturated heterocycles. The smallest absolute Gasteiger partial charge is 0.142 e. The zero-order valence-corrected chi connectivity index (χ0v) is 18.7. The Morgan fingerprint density at radius 2 is 2.16 bits per heavy atom. The van der Waals surface area contributed by atoms with Crippen LogP contribution in [0.2, 0.25) is 0 Å². The lowest BCUT2D eigenvalue weighted by molar-refractivity contribution is -0.109. The summed E-state index contributed by atoms with van der Waals surface area (Å²) in [6.07, 6.45) is 6.86. The van der Waals surface area contributed by atoms with E-state index in [-0.39, 0.29) is 6.04 Å². The van der Waals surface area contributed by atoms with Crippen molar-refractivity contribution in [1.29, 1.82) is 0 Å². The Morgan fingerprint density at radius 3 is 2.90 bits per heavy atom. The number of H-pyrrole nitrogens is 1. The van der Waals surface area contributed by atoms with Crippen molar-refractivity contribution in [2.24, 2.45) is 0 Å². The minimum absolute atomic E-state index is 0.166. The summed E-state index contributed by atoms with van der Waals surface area (Å²) in [5.41, 5.74) is 2.34. The molecule has 1 aromatic carbocycles. The van der Waals surface area contributed by atoms with Crippen molar-refractivity contribution in [3.05, 3.63) is 48.2 Å². The Kier molecular flexibility index (Phi) is 6.44. The maximum atomic E-state index is 12.1. The number of aldehydes is 1. The number of hydrogen-bond acceptors (Lipinski definition) is 5. The first-order valence-corrected chi connectivity index (χ1v) is 11.3. The molecular weight excluding hydrogens is 388 g/mol. The van der Waals surface area contributed by atoms with Gasteiger partial charge in [-0.05, 0) is 62.1 Å². The molecule has 0 aliphatic carbocycles. The summed E-state index contributed by atoms with van der Waals surface area (Å²) in [7, 11) is 1.68. The van der Waals surface area contributed by atoms with E-state index < -0.39 is 0 Å². The molecule has 3 aromatic rings. The fourth-order valence-corrected chi connectivity index (χ4v) is 4.80. The predicted molar refractivity (Wildman–Crippen MR) is 126 cm³/mol. The van der Waals surface area contributed by atoms with Crippen molar-refractivity contribution in [2.75, 3.05) is 30.0 Å². The number of nitrogens with zero attached hydrogens (tertiary/aromatic N) is 3. The van der Waals surface area contributed by atoms with Crippen LogP contribution in [0.15, 0.2) is 42.6 Å². The maximum Gasteiger partial charge on any atom is 0.142 e. The molecule has 0 spiro atoms. The third kappa shape index (κ3) is 4.24. The number of rotatable bonds is 8. The van der Waals surface area contributed by atoms with Gasteiger partial charge in [0.2, 0.25) is 0 Å². The fraction of sp³-hybridized carbons (Fsp3) is 0.440. The summed E-state index contributed by atoms with van der Waals surface area (Å²) < 4.78 is 5.35. The first kappa shape index (κ1) is 21.2. The second-order valence-electron chi connectivity index (χ2n) is 8.20. The van der Waals surface area contributed by atoms with Gasteiger partial charge in [-0.25, -0.2) is 4.98 Å². The van der Waals surface area contributed by atoms with E-state index in [4.69, 9.17) is 9.72 Å². The van der Waals surface area contributed by atoms with Gasteiger partial charge in [-0.3, -0.25) is 0 Å². The van der Waals surface area contributed by atoms with Crippen LogP contribution < -0.4 is 14.5 Å². The number of aryl methyl sites for hydroxylation is 1. The van der Waals surface area contributed by atoms with Crippen LogP contribution in [-0.2, 0) is 11.2 Å². The molecule has 3 heterocycles. The van der Waals surface area contributed by atoms with Gasteiger partial charge in [0.05, 0.1) is 13.2 Å². The van der Waals surface area contributed by atoms with E-state index >= 15 is 0 Å². The first-order chi connectivity index (χ1) is 15.2. The molecule has 1 fully saturated rings. The van der Waals surface area contributed by atoms with Crippen LogP contribution in [0.5, 0.6) is 5.75 Å². The summed E-state index contributed by atoms with van der Waals surface area (Å²) in [4.78, 5) is 24.9. The van der Waals surface area contributed by atoms with E-state index in [0.29, 0.717) is 6.04 Å². The van der Waals surface area contributed by atoms with Gasteiger partial charge < -0.3 is 24.3 Å². The van der Waals surface area contributed by atoms with E-state index in [1.807, 2.05) is 30.5 Å². The number of fused-ring (bicyclic) bond motifs is 1. The van der Waals surface area contributed by atoms with Crippen molar-refractivity contribution >= 4 is 28.8 Å². The van der Waals surface area contributed by atoms with Crippen molar-refractivity contribution in [2.45, 2.75) is 51.6 Å². The summed E-state index contributed by atoms with van der Waals surface area (Å²) in [5, 5.41) is 1.09. The first-order valence-electron chi connectivity index (χ1n) is 11.3. The summed E-state index contributed by atoms with van der Waals surface area (Å²) >= 11 is 0. The highest BCUT2D eigenvalue weighted by molar-refractivity contribution is 5.86. The van der Waals surface area contributed by atoms with Gasteiger partial charge in [-0.2, -0.15) is 0 Å². The quantitative estimate of drug-likeness (QED) is 0.540. The normalized spacial score (nSPS) is 18.9. The van der Waals surface area contributed by atoms with E-state index in [1.165, 1.54) is 5.56 Å². The maximum absolute atomic E-state index is 12.1. The zero-order chi connectivity index (χ0) is 21.8. The van der Waals surface area contributed by atoms with Gasteiger partial charge in [0, 0.05) is 36.2 Å². The Hall–Kier alpha value is -3.02. The fourth-order valence-electron chi connectivity index (χ4n) is 4.80. The molecule has 6 heteroatoms. The molecule has 31 heavy (non-hydrogen) atoms. The number of anilines is 2. The highest BCUT2D eigenvalue weighted by atomic mass is 16.5. The zero-order valence-electron chi connectivity index (χ0n) is 18.7. The number of carbonyl (C=O) groups is 1. The van der Waals surface area contributed by atoms with Crippen molar-refractivity contribution in [3.63, 3.8) is 0 Å². The van der Waals surface area contributed by atoms with Crippen molar-refractivity contribution < 1.29 is 9.53 Å². The Balaban J connectivity index is 1.56. The second-order valence-corrected chi connectivity index (χ2v) is 8.20. The van der Waals surface area contributed by atoms with Crippen molar-refractivity contribution in [3.8, 4) is 5.75 Å². The van der Waals surface area contributed by atoms with E-state index in [0.717, 1.165) is 73.3 Å². The van der Waals surface area contributed by atoms with E-state index in [9.17, 15) is 4.79 Å². The second kappa shape index (κ2) is 9.41. The average Bonchev–Trinajstić information content (AvgIpc) is 3.23. The highest BCUT2D eigenvalue weighted by Gasteiger charge is 2.33. The van der Waals surface area contributed by atoms with Crippen LogP contribution in [-0.4, -0.2) is 48.5 Å². The number of aromatic nitrogens is 2. The average molecular weight is 421 g/mol. The Morgan fingerprint density at radius 1 is 1.29 bits per heavy atom. The van der Waals surface area contributed by atoms with Crippen LogP contribution >= 0.6 is 0 Å². The monoisotopic (exact) mass is 420 g/mol. The lowest BCUT2D eigenvalue weighted by Crippen LogP contribution is -2.51. The molecule has 6 nitrogen and oxygen atoms in total. The van der Waals surface area contributed by atoms with Crippen LogP contribution in [0.3, 0.4) is 0 Å². The topological polar surface area (TPSA) is 61.5 Å². The lowest BCUT2D eigenvalue weighted by atomic mass is 9.95. The molecule has 1 N–H and O–H groups in total. The Bertz CT molecular complexity index is 1030. The lowest BCUT2D eigenvalue weighted by Gasteiger charge is -2.42. The Labute approximate surface area is 184 Å². The van der Waals surface area contributed by atoms with E-state index in [1.54, 1.807) is 7.11 Å². The number of hydrogen-bond donors (Lipinski definition) is 1. The van der Waals surface area contributed by atoms with Gasteiger partial charge in [0.25, 0.3) is 0 Å². The largest absolute Gasteiger partial charge is 0.497 e.